The molecule has 5 heteroatoms. The van der Waals surface area contributed by atoms with E-state index in [2.05, 4.69) is 77.5 Å². The number of aromatic nitrogens is 2. The van der Waals surface area contributed by atoms with E-state index >= 15 is 0 Å². The van der Waals surface area contributed by atoms with Gasteiger partial charge in [0.15, 0.2) is 0 Å². The molecule has 1 fully saturated rings. The second-order valence-electron chi connectivity index (χ2n) is 11.5. The third kappa shape index (κ3) is 8.54. The molecule has 4 nitrogen and oxygen atoms in total. The Morgan fingerprint density at radius 3 is 2.27 bits per heavy atom. The first-order valence-electron chi connectivity index (χ1n) is 15.5. The molecule has 226 valence electrons. The Balaban J connectivity index is 0.000000410. The number of rotatable bonds is 7. The van der Waals surface area contributed by atoms with Gasteiger partial charge in [-0.05, 0) is 109 Å². The van der Waals surface area contributed by atoms with Crippen molar-refractivity contribution in [3.63, 3.8) is 0 Å². The van der Waals surface area contributed by atoms with Gasteiger partial charge in [0.1, 0.15) is 5.82 Å². The van der Waals surface area contributed by atoms with Crippen molar-refractivity contribution in [2.24, 2.45) is 5.92 Å². The number of piperidine rings is 1. The summed E-state index contributed by atoms with van der Waals surface area (Å²) in [5.74, 6) is 0.724. The average Bonchev–Trinajstić information content (AvgIpc) is 3.51. The van der Waals surface area contributed by atoms with Crippen molar-refractivity contribution in [2.75, 3.05) is 13.1 Å². The van der Waals surface area contributed by atoms with Crippen LogP contribution in [0.5, 0.6) is 0 Å². The second-order valence-corrected chi connectivity index (χ2v) is 11.5. The molecule has 3 heterocycles. The highest BCUT2D eigenvalue weighted by Gasteiger charge is 2.28. The number of benzene rings is 1. The first-order valence-corrected chi connectivity index (χ1v) is 15.5. The molecule has 1 aromatic heterocycles. The van der Waals surface area contributed by atoms with Gasteiger partial charge in [-0.2, -0.15) is 5.10 Å². The Labute approximate surface area is 250 Å². The molecule has 4 rings (SSSR count). The number of likely N-dealkylation sites (tertiary alicyclic amines) is 1. The number of fused-ring (bicyclic) bond motifs is 1. The van der Waals surface area contributed by atoms with Crippen molar-refractivity contribution in [2.45, 2.75) is 108 Å². The molecule has 0 N–H and O–H groups in total. The summed E-state index contributed by atoms with van der Waals surface area (Å²) >= 11 is 0. The minimum absolute atomic E-state index is 0.244. The maximum absolute atomic E-state index is 13.7. The molecule has 0 amide bonds. The predicted molar refractivity (Wildman–Crippen MR) is 177 cm³/mol. The van der Waals surface area contributed by atoms with Gasteiger partial charge in [0.2, 0.25) is 0 Å². The van der Waals surface area contributed by atoms with E-state index in [1.54, 1.807) is 12.1 Å². The van der Waals surface area contributed by atoms with Crippen molar-refractivity contribution in [1.29, 1.82) is 0 Å². The average molecular weight is 563 g/mol. The summed E-state index contributed by atoms with van der Waals surface area (Å²) in [6, 6.07) is 5.66. The molecule has 1 saturated heterocycles. The van der Waals surface area contributed by atoms with Gasteiger partial charge in [-0.3, -0.25) is 0 Å². The van der Waals surface area contributed by atoms with Gasteiger partial charge in [0.05, 0.1) is 12.2 Å². The molecule has 0 bridgehead atoms. The third-order valence-corrected chi connectivity index (χ3v) is 8.31. The van der Waals surface area contributed by atoms with Gasteiger partial charge in [0.25, 0.3) is 0 Å². The van der Waals surface area contributed by atoms with Gasteiger partial charge in [-0.1, -0.05) is 58.6 Å². The summed E-state index contributed by atoms with van der Waals surface area (Å²) < 4.78 is 15.8. The third-order valence-electron chi connectivity index (χ3n) is 8.31. The molecular formula is C36H55FN4. The van der Waals surface area contributed by atoms with Gasteiger partial charge in [0, 0.05) is 40.8 Å². The minimum Gasteiger partial charge on any atom is -0.361 e. The number of allylic oxidation sites excluding steroid dienone is 4. The van der Waals surface area contributed by atoms with E-state index in [0.29, 0.717) is 0 Å². The van der Waals surface area contributed by atoms with Crippen LogP contribution in [0, 0.1) is 18.7 Å². The number of hydrogen-bond acceptors (Lipinski definition) is 3. The summed E-state index contributed by atoms with van der Waals surface area (Å²) in [5.41, 5.74) is 9.80. The Bertz CT molecular complexity index is 1240. The van der Waals surface area contributed by atoms with E-state index in [-0.39, 0.29) is 5.82 Å². The molecule has 41 heavy (non-hydrogen) atoms. The van der Waals surface area contributed by atoms with Crippen LogP contribution in [0.15, 0.2) is 48.6 Å². The van der Waals surface area contributed by atoms with Crippen LogP contribution in [-0.2, 0) is 13.1 Å². The van der Waals surface area contributed by atoms with E-state index < -0.39 is 0 Å². The van der Waals surface area contributed by atoms with Crippen molar-refractivity contribution >= 4 is 17.5 Å². The summed E-state index contributed by atoms with van der Waals surface area (Å²) in [7, 11) is 0. The molecule has 1 aromatic carbocycles. The van der Waals surface area contributed by atoms with Gasteiger partial charge < -0.3 is 9.80 Å². The van der Waals surface area contributed by atoms with Crippen molar-refractivity contribution in [3.8, 4) is 0 Å². The first kappa shape index (κ1) is 34.3. The Kier molecular flexibility index (Phi) is 13.3. The lowest BCUT2D eigenvalue weighted by Gasteiger charge is -2.33. The second kappa shape index (κ2) is 15.9. The molecular weight excluding hydrogens is 507 g/mol. The zero-order chi connectivity index (χ0) is 30.9. The van der Waals surface area contributed by atoms with Crippen LogP contribution in [0.25, 0.3) is 17.5 Å². The maximum Gasteiger partial charge on any atom is 0.123 e. The van der Waals surface area contributed by atoms with Crippen LogP contribution in [0.4, 0.5) is 4.39 Å². The lowest BCUT2D eigenvalue weighted by molar-refractivity contribution is 0.156. The fraction of sp³-hybridized carbons (Fsp3) is 0.528. The molecule has 0 spiro atoms. The highest BCUT2D eigenvalue weighted by Crippen LogP contribution is 2.35. The smallest absolute Gasteiger partial charge is 0.123 e. The minimum atomic E-state index is -0.244. The van der Waals surface area contributed by atoms with Crippen molar-refractivity contribution in [3.05, 3.63) is 82.5 Å². The Morgan fingerprint density at radius 2 is 1.76 bits per heavy atom. The van der Waals surface area contributed by atoms with Crippen LogP contribution in [0.3, 0.4) is 0 Å². The maximum atomic E-state index is 13.7. The standard InChI is InChI=1S/C25H30FN3.C9H19N.C2H6/c1-8-10-25(22-12-11-21(26)13-20(22)9-2)28-14-23-19(7)29(27-24(23)15-28)18(6)17(5)16(3)4;1-8(2)10-6-4-9(3)5-7-10;1-2/h9-13H,2-3,8,14-15H2,1,4-7H3;8-9H,4-7H2,1-3H3;1-2H3/b18-17-,25-10?;;. The molecule has 0 unspecified atom stereocenters. The lowest BCUT2D eigenvalue weighted by Crippen LogP contribution is -2.37. The topological polar surface area (TPSA) is 24.3 Å². The molecule has 0 saturated carbocycles. The lowest BCUT2D eigenvalue weighted by atomic mass is 9.98. The quantitative estimate of drug-likeness (QED) is 0.314. The van der Waals surface area contributed by atoms with Gasteiger partial charge in [-0.15, -0.1) is 0 Å². The summed E-state index contributed by atoms with van der Waals surface area (Å²) in [5, 5.41) is 4.91. The molecule has 2 aromatic rings. The van der Waals surface area contributed by atoms with E-state index in [9.17, 15) is 4.39 Å². The molecule has 2 aliphatic rings. The number of halogens is 1. The van der Waals surface area contributed by atoms with Crippen LogP contribution in [0.2, 0.25) is 0 Å². The number of nitrogens with zero attached hydrogens (tertiary/aromatic N) is 4. The monoisotopic (exact) mass is 562 g/mol. The molecule has 0 radical (unpaired) electrons. The van der Waals surface area contributed by atoms with E-state index in [1.165, 1.54) is 48.8 Å². The zero-order valence-electron chi connectivity index (χ0n) is 27.6. The van der Waals surface area contributed by atoms with Crippen molar-refractivity contribution < 1.29 is 4.39 Å². The predicted octanol–water partition coefficient (Wildman–Crippen LogP) is 9.72. The fourth-order valence-electron chi connectivity index (χ4n) is 5.40. The largest absolute Gasteiger partial charge is 0.361 e. The first-order chi connectivity index (χ1) is 19.5. The Morgan fingerprint density at radius 1 is 1.12 bits per heavy atom. The van der Waals surface area contributed by atoms with Crippen molar-refractivity contribution in [1.82, 2.24) is 19.6 Å². The molecule has 0 atom stereocenters. The van der Waals surface area contributed by atoms with Crippen LogP contribution in [0.1, 0.15) is 110 Å². The van der Waals surface area contributed by atoms with Gasteiger partial charge in [-0.25, -0.2) is 9.07 Å². The highest BCUT2D eigenvalue weighted by molar-refractivity contribution is 5.73. The normalized spacial score (nSPS) is 16.4. The number of hydrogen-bond donors (Lipinski definition) is 0. The summed E-state index contributed by atoms with van der Waals surface area (Å²) in [6.07, 6.45) is 7.62. The summed E-state index contributed by atoms with van der Waals surface area (Å²) in [6.45, 7) is 33.5. The van der Waals surface area contributed by atoms with Crippen LogP contribution < -0.4 is 0 Å². The van der Waals surface area contributed by atoms with E-state index in [4.69, 9.17) is 5.10 Å². The Hall–Kier alpha value is -2.92. The van der Waals surface area contributed by atoms with E-state index in [1.807, 2.05) is 31.5 Å². The molecule has 2 aliphatic heterocycles. The zero-order valence-corrected chi connectivity index (χ0v) is 27.6. The van der Waals surface area contributed by atoms with Gasteiger partial charge >= 0.3 is 0 Å². The fourth-order valence-corrected chi connectivity index (χ4v) is 5.40. The molecule has 0 aliphatic carbocycles. The van der Waals surface area contributed by atoms with Crippen LogP contribution in [-0.4, -0.2) is 38.7 Å². The summed E-state index contributed by atoms with van der Waals surface area (Å²) in [4.78, 5) is 4.89. The SMILES string of the molecule is C=Cc1cc(F)ccc1C(=CCC)N1Cc2nn(/C(C)=C(/C)C(=C)C)c(C)c2C1.CC.CC1CCN(C(C)C)CC1. The highest BCUT2D eigenvalue weighted by atomic mass is 19.1. The van der Waals surface area contributed by atoms with E-state index in [0.717, 1.165) is 65.3 Å². The van der Waals surface area contributed by atoms with Crippen LogP contribution >= 0.6 is 0 Å².